The van der Waals surface area contributed by atoms with Gasteiger partial charge in [-0.1, -0.05) is 20.3 Å². The fraction of sp³-hybridized carbons (Fsp3) is 0.875. The summed E-state index contributed by atoms with van der Waals surface area (Å²) in [6.45, 7) is 5.62. The van der Waals surface area contributed by atoms with E-state index in [2.05, 4.69) is 24.4 Å². The molecule has 0 radical (unpaired) electrons. The maximum Gasteiger partial charge on any atom is 0.0363 e. The van der Waals surface area contributed by atoms with Gasteiger partial charge in [0.05, 0.1) is 0 Å². The molecule has 0 fully saturated rings. The predicted octanol–water partition coefficient (Wildman–Crippen LogP) is 1.63. The number of hydrogen-bond donors (Lipinski definition) is 1. The molecule has 0 aromatic heterocycles. The first kappa shape index (κ1) is 7.58. The third-order valence-corrected chi connectivity index (χ3v) is 2.39. The van der Waals surface area contributed by atoms with Crippen LogP contribution in [0.15, 0.2) is 5.10 Å². The lowest BCUT2D eigenvalue weighted by atomic mass is 9.89. The molecular formula is C8H16N2. The first-order valence-electron chi connectivity index (χ1n) is 4.09. The van der Waals surface area contributed by atoms with Gasteiger partial charge in [0.2, 0.25) is 0 Å². The zero-order chi connectivity index (χ0) is 7.40. The highest BCUT2D eigenvalue weighted by Gasteiger charge is 2.15. The molecule has 1 heterocycles. The van der Waals surface area contributed by atoms with Gasteiger partial charge in [0.15, 0.2) is 0 Å². The molecule has 0 amide bonds. The Morgan fingerprint density at radius 2 is 2.60 bits per heavy atom. The van der Waals surface area contributed by atoms with Crippen LogP contribution in [0.3, 0.4) is 0 Å². The SMILES string of the molecule is CCC(C)C1CC=NNC1. The van der Waals surface area contributed by atoms with E-state index < -0.39 is 0 Å². The molecule has 0 aliphatic carbocycles. The number of hydrogen-bond acceptors (Lipinski definition) is 2. The minimum Gasteiger partial charge on any atom is -0.310 e. The summed E-state index contributed by atoms with van der Waals surface area (Å²) in [5.41, 5.74) is 3.02. The van der Waals surface area contributed by atoms with E-state index in [0.717, 1.165) is 24.8 Å². The van der Waals surface area contributed by atoms with Gasteiger partial charge < -0.3 is 5.43 Å². The Morgan fingerprint density at radius 1 is 1.80 bits per heavy atom. The Kier molecular flexibility index (Phi) is 2.72. The summed E-state index contributed by atoms with van der Waals surface area (Å²) in [5, 5.41) is 3.97. The van der Waals surface area contributed by atoms with E-state index in [1.54, 1.807) is 0 Å². The van der Waals surface area contributed by atoms with E-state index in [9.17, 15) is 0 Å². The van der Waals surface area contributed by atoms with Gasteiger partial charge in [-0.05, 0) is 18.3 Å². The number of rotatable bonds is 2. The molecule has 58 valence electrons. The van der Waals surface area contributed by atoms with Gasteiger partial charge in [-0.3, -0.25) is 0 Å². The van der Waals surface area contributed by atoms with Crippen molar-refractivity contribution in [2.75, 3.05) is 6.54 Å². The summed E-state index contributed by atoms with van der Waals surface area (Å²) in [6, 6.07) is 0. The van der Waals surface area contributed by atoms with Crippen molar-refractivity contribution in [2.24, 2.45) is 16.9 Å². The molecule has 2 heteroatoms. The number of hydrazone groups is 1. The van der Waals surface area contributed by atoms with Gasteiger partial charge in [-0.2, -0.15) is 5.10 Å². The van der Waals surface area contributed by atoms with Crippen molar-refractivity contribution in [2.45, 2.75) is 26.7 Å². The van der Waals surface area contributed by atoms with E-state index in [0.29, 0.717) is 0 Å². The van der Waals surface area contributed by atoms with Crippen LogP contribution in [0.2, 0.25) is 0 Å². The molecule has 2 atom stereocenters. The monoisotopic (exact) mass is 140 g/mol. The standard InChI is InChI=1S/C8H16N2/c1-3-7(2)8-4-5-9-10-6-8/h5,7-8,10H,3-4,6H2,1-2H3. The van der Waals surface area contributed by atoms with Crippen LogP contribution in [0.1, 0.15) is 26.7 Å². The van der Waals surface area contributed by atoms with Crippen LogP contribution >= 0.6 is 0 Å². The summed E-state index contributed by atoms with van der Waals surface area (Å²) in [6.07, 6.45) is 4.42. The molecule has 0 spiro atoms. The van der Waals surface area contributed by atoms with Crippen molar-refractivity contribution < 1.29 is 0 Å². The normalized spacial score (nSPS) is 27.6. The van der Waals surface area contributed by atoms with E-state index in [-0.39, 0.29) is 0 Å². The van der Waals surface area contributed by atoms with Gasteiger partial charge in [-0.25, -0.2) is 0 Å². The Morgan fingerprint density at radius 3 is 3.10 bits per heavy atom. The molecule has 1 aliphatic heterocycles. The summed E-state index contributed by atoms with van der Waals surface area (Å²) in [4.78, 5) is 0. The highest BCUT2D eigenvalue weighted by Crippen LogP contribution is 2.18. The average Bonchev–Trinajstić information content (AvgIpc) is 2.05. The third-order valence-electron chi connectivity index (χ3n) is 2.39. The topological polar surface area (TPSA) is 24.4 Å². The molecular weight excluding hydrogens is 124 g/mol. The van der Waals surface area contributed by atoms with Gasteiger partial charge in [0.1, 0.15) is 0 Å². The summed E-state index contributed by atoms with van der Waals surface area (Å²) < 4.78 is 0. The first-order valence-corrected chi connectivity index (χ1v) is 4.09. The Hall–Kier alpha value is -0.530. The first-order chi connectivity index (χ1) is 4.84. The molecule has 0 saturated heterocycles. The minimum atomic E-state index is 0.808. The van der Waals surface area contributed by atoms with Crippen molar-refractivity contribution in [1.29, 1.82) is 0 Å². The lowest BCUT2D eigenvalue weighted by Crippen LogP contribution is -2.27. The molecule has 0 aromatic carbocycles. The molecule has 1 aliphatic rings. The van der Waals surface area contributed by atoms with Gasteiger partial charge in [0, 0.05) is 12.8 Å². The second-order valence-corrected chi connectivity index (χ2v) is 3.06. The quantitative estimate of drug-likeness (QED) is 0.619. The van der Waals surface area contributed by atoms with Gasteiger partial charge in [0.25, 0.3) is 0 Å². The lowest BCUT2D eigenvalue weighted by Gasteiger charge is -2.23. The van der Waals surface area contributed by atoms with Crippen LogP contribution in [0.25, 0.3) is 0 Å². The Bertz CT molecular complexity index is 120. The van der Waals surface area contributed by atoms with Gasteiger partial charge >= 0.3 is 0 Å². The fourth-order valence-corrected chi connectivity index (χ4v) is 1.27. The number of nitrogens with one attached hydrogen (secondary N) is 1. The van der Waals surface area contributed by atoms with Crippen molar-refractivity contribution in [1.82, 2.24) is 5.43 Å². The molecule has 0 saturated carbocycles. The molecule has 1 rings (SSSR count). The summed E-state index contributed by atoms with van der Waals surface area (Å²) in [5.74, 6) is 1.64. The van der Waals surface area contributed by atoms with Crippen LogP contribution in [-0.2, 0) is 0 Å². The zero-order valence-corrected chi connectivity index (χ0v) is 6.80. The van der Waals surface area contributed by atoms with Crippen LogP contribution in [0, 0.1) is 11.8 Å². The molecule has 0 bridgehead atoms. The smallest absolute Gasteiger partial charge is 0.0363 e. The molecule has 1 N–H and O–H groups in total. The third kappa shape index (κ3) is 1.72. The number of nitrogens with zero attached hydrogens (tertiary/aromatic N) is 1. The molecule has 2 nitrogen and oxygen atoms in total. The maximum atomic E-state index is 3.97. The second-order valence-electron chi connectivity index (χ2n) is 3.06. The minimum absolute atomic E-state index is 0.808. The summed E-state index contributed by atoms with van der Waals surface area (Å²) in [7, 11) is 0. The fourth-order valence-electron chi connectivity index (χ4n) is 1.27. The second kappa shape index (κ2) is 3.59. The maximum absolute atomic E-state index is 3.97. The van der Waals surface area contributed by atoms with Crippen LogP contribution in [-0.4, -0.2) is 12.8 Å². The largest absolute Gasteiger partial charge is 0.310 e. The lowest BCUT2D eigenvalue weighted by molar-refractivity contribution is 0.335. The highest BCUT2D eigenvalue weighted by molar-refractivity contribution is 5.57. The Labute approximate surface area is 62.7 Å². The van der Waals surface area contributed by atoms with Crippen LogP contribution in [0.5, 0.6) is 0 Å². The van der Waals surface area contributed by atoms with E-state index in [4.69, 9.17) is 0 Å². The Balaban J connectivity index is 2.33. The summed E-state index contributed by atoms with van der Waals surface area (Å²) >= 11 is 0. The van der Waals surface area contributed by atoms with Crippen molar-refractivity contribution >= 4 is 6.21 Å². The van der Waals surface area contributed by atoms with E-state index >= 15 is 0 Å². The van der Waals surface area contributed by atoms with Crippen LogP contribution < -0.4 is 5.43 Å². The molecule has 0 aromatic rings. The van der Waals surface area contributed by atoms with E-state index in [1.807, 2.05) is 6.21 Å². The highest BCUT2D eigenvalue weighted by atomic mass is 15.3. The average molecular weight is 140 g/mol. The predicted molar refractivity (Wildman–Crippen MR) is 44.1 cm³/mol. The van der Waals surface area contributed by atoms with Gasteiger partial charge in [-0.15, -0.1) is 0 Å². The zero-order valence-electron chi connectivity index (χ0n) is 6.80. The van der Waals surface area contributed by atoms with Crippen LogP contribution in [0.4, 0.5) is 0 Å². The molecule has 2 unspecified atom stereocenters. The van der Waals surface area contributed by atoms with Crippen molar-refractivity contribution in [3.8, 4) is 0 Å². The van der Waals surface area contributed by atoms with E-state index in [1.165, 1.54) is 6.42 Å². The van der Waals surface area contributed by atoms with Crippen molar-refractivity contribution in [3.05, 3.63) is 0 Å². The molecule has 10 heavy (non-hydrogen) atoms. The van der Waals surface area contributed by atoms with Crippen molar-refractivity contribution in [3.63, 3.8) is 0 Å².